The van der Waals surface area contributed by atoms with E-state index in [1.54, 1.807) is 7.11 Å². The molecule has 1 saturated heterocycles. The fourth-order valence-electron chi connectivity index (χ4n) is 3.78. The lowest BCUT2D eigenvalue weighted by Crippen LogP contribution is -2.28. The van der Waals surface area contributed by atoms with Gasteiger partial charge in [-0.25, -0.2) is 0 Å². The number of benzene rings is 2. The standard InChI is InChI=1S/C22H25NO2/c1-16-5-4-11-23(16)12-10-21-15-19-13-18(8-9-22(19)25-21)17-6-3-7-20(14-17)24-2/h3,6-9,13-16H,4-5,10-12H2,1-2H3/t16-/m1/s1. The van der Waals surface area contributed by atoms with Crippen LogP contribution in [0.5, 0.6) is 5.75 Å². The Hall–Kier alpha value is -2.26. The quantitative estimate of drug-likeness (QED) is 0.646. The Labute approximate surface area is 149 Å². The summed E-state index contributed by atoms with van der Waals surface area (Å²) in [5.74, 6) is 1.96. The molecule has 0 saturated carbocycles. The average molecular weight is 335 g/mol. The van der Waals surface area contributed by atoms with Crippen molar-refractivity contribution in [2.45, 2.75) is 32.2 Å². The summed E-state index contributed by atoms with van der Waals surface area (Å²) >= 11 is 0. The molecule has 1 aliphatic rings. The summed E-state index contributed by atoms with van der Waals surface area (Å²) in [6.07, 6.45) is 3.63. The molecule has 0 bridgehead atoms. The molecule has 2 aromatic carbocycles. The Morgan fingerprint density at radius 1 is 1.12 bits per heavy atom. The molecule has 0 spiro atoms. The molecule has 1 aliphatic heterocycles. The Bertz CT molecular complexity index is 867. The first-order valence-electron chi connectivity index (χ1n) is 9.14. The molecule has 0 aliphatic carbocycles. The van der Waals surface area contributed by atoms with E-state index in [4.69, 9.17) is 9.15 Å². The Balaban J connectivity index is 1.54. The third-order valence-corrected chi connectivity index (χ3v) is 5.31. The first kappa shape index (κ1) is 16.2. The summed E-state index contributed by atoms with van der Waals surface area (Å²) in [5.41, 5.74) is 3.32. The molecular weight excluding hydrogens is 310 g/mol. The van der Waals surface area contributed by atoms with Gasteiger partial charge in [-0.15, -0.1) is 0 Å². The Morgan fingerprint density at radius 3 is 2.80 bits per heavy atom. The summed E-state index contributed by atoms with van der Waals surface area (Å²) in [4.78, 5) is 2.56. The SMILES string of the molecule is COc1cccc(-c2ccc3oc(CCN4CCC[C@H]4C)cc3c2)c1. The fraction of sp³-hybridized carbons (Fsp3) is 0.364. The van der Waals surface area contributed by atoms with Crippen molar-refractivity contribution >= 4 is 11.0 Å². The van der Waals surface area contributed by atoms with Crippen LogP contribution in [0.2, 0.25) is 0 Å². The van der Waals surface area contributed by atoms with E-state index in [2.05, 4.69) is 48.2 Å². The summed E-state index contributed by atoms with van der Waals surface area (Å²) in [5, 5.41) is 1.17. The molecule has 0 amide bonds. The minimum atomic E-state index is 0.712. The predicted octanol–water partition coefficient (Wildman–Crippen LogP) is 5.14. The topological polar surface area (TPSA) is 25.6 Å². The van der Waals surface area contributed by atoms with Gasteiger partial charge in [-0.1, -0.05) is 18.2 Å². The maximum atomic E-state index is 6.05. The van der Waals surface area contributed by atoms with Crippen LogP contribution in [0.4, 0.5) is 0 Å². The van der Waals surface area contributed by atoms with Gasteiger partial charge in [0.1, 0.15) is 17.1 Å². The second kappa shape index (κ2) is 6.93. The van der Waals surface area contributed by atoms with Crippen LogP contribution < -0.4 is 4.74 Å². The van der Waals surface area contributed by atoms with Crippen LogP contribution >= 0.6 is 0 Å². The Kier molecular flexibility index (Phi) is 4.50. The molecular formula is C22H25NO2. The van der Waals surface area contributed by atoms with Crippen molar-refractivity contribution < 1.29 is 9.15 Å². The molecule has 25 heavy (non-hydrogen) atoms. The summed E-state index contributed by atoms with van der Waals surface area (Å²) in [6.45, 7) is 4.64. The molecule has 130 valence electrons. The zero-order valence-electron chi connectivity index (χ0n) is 15.0. The van der Waals surface area contributed by atoms with Crippen LogP contribution in [-0.4, -0.2) is 31.1 Å². The average Bonchev–Trinajstić information content (AvgIpc) is 3.24. The number of nitrogens with zero attached hydrogens (tertiary/aromatic N) is 1. The zero-order chi connectivity index (χ0) is 17.2. The monoisotopic (exact) mass is 335 g/mol. The molecule has 3 nitrogen and oxygen atoms in total. The van der Waals surface area contributed by atoms with Crippen LogP contribution in [0.25, 0.3) is 22.1 Å². The molecule has 4 rings (SSSR count). The number of methoxy groups -OCH3 is 1. The van der Waals surface area contributed by atoms with Gasteiger partial charge in [0.15, 0.2) is 0 Å². The summed E-state index contributed by atoms with van der Waals surface area (Å²) in [6, 6.07) is 17.5. The van der Waals surface area contributed by atoms with Crippen molar-refractivity contribution in [1.29, 1.82) is 0 Å². The normalized spacial score (nSPS) is 18.1. The van der Waals surface area contributed by atoms with Gasteiger partial charge >= 0.3 is 0 Å². The minimum Gasteiger partial charge on any atom is -0.497 e. The van der Waals surface area contributed by atoms with Crippen LogP contribution in [0.15, 0.2) is 52.9 Å². The largest absolute Gasteiger partial charge is 0.497 e. The van der Waals surface area contributed by atoms with E-state index in [0.29, 0.717) is 6.04 Å². The van der Waals surface area contributed by atoms with Gasteiger partial charge in [0, 0.05) is 24.4 Å². The minimum absolute atomic E-state index is 0.712. The lowest BCUT2D eigenvalue weighted by atomic mass is 10.0. The third-order valence-electron chi connectivity index (χ3n) is 5.31. The number of hydrogen-bond donors (Lipinski definition) is 0. The number of rotatable bonds is 5. The summed E-state index contributed by atoms with van der Waals surface area (Å²) in [7, 11) is 1.70. The van der Waals surface area contributed by atoms with Crippen molar-refractivity contribution in [3.05, 3.63) is 54.3 Å². The van der Waals surface area contributed by atoms with Gasteiger partial charge in [0.25, 0.3) is 0 Å². The van der Waals surface area contributed by atoms with E-state index in [1.165, 1.54) is 30.3 Å². The van der Waals surface area contributed by atoms with Gasteiger partial charge < -0.3 is 14.1 Å². The molecule has 1 aromatic heterocycles. The van der Waals surface area contributed by atoms with Gasteiger partial charge in [-0.05, 0) is 67.8 Å². The van der Waals surface area contributed by atoms with E-state index in [-0.39, 0.29) is 0 Å². The zero-order valence-corrected chi connectivity index (χ0v) is 15.0. The second-order valence-electron chi connectivity index (χ2n) is 6.97. The number of furan rings is 1. The molecule has 3 aromatic rings. The number of ether oxygens (including phenoxy) is 1. The predicted molar refractivity (Wildman–Crippen MR) is 102 cm³/mol. The van der Waals surface area contributed by atoms with E-state index in [1.807, 2.05) is 12.1 Å². The van der Waals surface area contributed by atoms with Crippen LogP contribution in [-0.2, 0) is 6.42 Å². The van der Waals surface area contributed by atoms with Crippen LogP contribution in [0, 0.1) is 0 Å². The van der Waals surface area contributed by atoms with Crippen LogP contribution in [0.1, 0.15) is 25.5 Å². The number of hydrogen-bond acceptors (Lipinski definition) is 3. The van der Waals surface area contributed by atoms with E-state index in [0.717, 1.165) is 35.6 Å². The first-order chi connectivity index (χ1) is 12.2. The van der Waals surface area contributed by atoms with E-state index >= 15 is 0 Å². The van der Waals surface area contributed by atoms with Crippen molar-refractivity contribution in [2.75, 3.05) is 20.2 Å². The van der Waals surface area contributed by atoms with Crippen molar-refractivity contribution in [1.82, 2.24) is 4.90 Å². The maximum Gasteiger partial charge on any atom is 0.134 e. The lowest BCUT2D eigenvalue weighted by molar-refractivity contribution is 0.266. The highest BCUT2D eigenvalue weighted by Gasteiger charge is 2.20. The van der Waals surface area contributed by atoms with E-state index in [9.17, 15) is 0 Å². The second-order valence-corrected chi connectivity index (χ2v) is 6.97. The molecule has 1 atom stereocenters. The maximum absolute atomic E-state index is 6.05. The number of fused-ring (bicyclic) bond motifs is 1. The van der Waals surface area contributed by atoms with E-state index < -0.39 is 0 Å². The van der Waals surface area contributed by atoms with Gasteiger partial charge in [-0.3, -0.25) is 0 Å². The molecule has 3 heteroatoms. The Morgan fingerprint density at radius 2 is 2.00 bits per heavy atom. The molecule has 0 unspecified atom stereocenters. The molecule has 0 radical (unpaired) electrons. The fourth-order valence-corrected chi connectivity index (χ4v) is 3.78. The van der Waals surface area contributed by atoms with Gasteiger partial charge in [0.05, 0.1) is 7.11 Å². The van der Waals surface area contributed by atoms with Gasteiger partial charge in [-0.2, -0.15) is 0 Å². The highest BCUT2D eigenvalue weighted by molar-refractivity contribution is 5.84. The first-order valence-corrected chi connectivity index (χ1v) is 9.14. The highest BCUT2D eigenvalue weighted by Crippen LogP contribution is 2.29. The highest BCUT2D eigenvalue weighted by atomic mass is 16.5. The molecule has 2 heterocycles. The number of likely N-dealkylation sites (tertiary alicyclic amines) is 1. The lowest BCUT2D eigenvalue weighted by Gasteiger charge is -2.19. The molecule has 0 N–H and O–H groups in total. The molecule has 1 fully saturated rings. The summed E-state index contributed by atoms with van der Waals surface area (Å²) < 4.78 is 11.4. The van der Waals surface area contributed by atoms with Gasteiger partial charge in [0.2, 0.25) is 0 Å². The van der Waals surface area contributed by atoms with Crippen molar-refractivity contribution in [3.63, 3.8) is 0 Å². The smallest absolute Gasteiger partial charge is 0.134 e. The third kappa shape index (κ3) is 3.42. The van der Waals surface area contributed by atoms with Crippen molar-refractivity contribution in [2.24, 2.45) is 0 Å². The van der Waals surface area contributed by atoms with Crippen LogP contribution in [0.3, 0.4) is 0 Å². The van der Waals surface area contributed by atoms with Crippen molar-refractivity contribution in [3.8, 4) is 16.9 Å².